The number of carbonyl (C=O) groups excluding carboxylic acids is 1. The van der Waals surface area contributed by atoms with Crippen LogP contribution in [0.15, 0.2) is 82.0 Å². The molecule has 4 aromatic rings. The molecule has 6 nitrogen and oxygen atoms in total. The zero-order valence-corrected chi connectivity index (χ0v) is 19.5. The van der Waals surface area contributed by atoms with Crippen molar-refractivity contribution < 1.29 is 23.1 Å². The normalized spacial score (nSPS) is 11.1. The third kappa shape index (κ3) is 6.49. The van der Waals surface area contributed by atoms with Crippen molar-refractivity contribution >= 4 is 40.2 Å². The standard InChI is InChI=1S/C27H21ClFNO5/c1-17-14-27(32)35-25-16-21(8-9-22(17)25)34-13-12-33-20-6-2-18(3-7-20)4-11-26(31)30-19-5-10-24(29)23(28)15-19/h2-11,14-16H,12-13H2,1H3,(H,30,31)/b11-4+. The molecule has 0 aliphatic carbocycles. The molecule has 0 saturated heterocycles. The second-order valence-electron chi connectivity index (χ2n) is 7.62. The number of rotatable bonds is 8. The highest BCUT2D eigenvalue weighted by atomic mass is 35.5. The molecule has 0 aliphatic rings. The van der Waals surface area contributed by atoms with Crippen LogP contribution in [0, 0.1) is 12.7 Å². The van der Waals surface area contributed by atoms with Gasteiger partial charge in [0.05, 0.1) is 5.02 Å². The predicted octanol–water partition coefficient (Wildman–Crippen LogP) is 6.00. The Labute approximate surface area is 205 Å². The summed E-state index contributed by atoms with van der Waals surface area (Å²) in [6.45, 7) is 2.47. The summed E-state index contributed by atoms with van der Waals surface area (Å²) in [5, 5.41) is 3.42. The van der Waals surface area contributed by atoms with Gasteiger partial charge in [-0.1, -0.05) is 23.7 Å². The van der Waals surface area contributed by atoms with E-state index in [0.29, 0.717) is 36.0 Å². The number of hydrogen-bond donors (Lipinski definition) is 1. The van der Waals surface area contributed by atoms with E-state index in [1.165, 1.54) is 30.3 Å². The van der Waals surface area contributed by atoms with Crippen LogP contribution in [-0.2, 0) is 4.79 Å². The molecule has 1 N–H and O–H groups in total. The van der Waals surface area contributed by atoms with Gasteiger partial charge in [0.15, 0.2) is 0 Å². The summed E-state index contributed by atoms with van der Waals surface area (Å²) >= 11 is 5.71. The molecular formula is C27H21ClFNO5. The van der Waals surface area contributed by atoms with Crippen LogP contribution in [0.5, 0.6) is 11.5 Å². The van der Waals surface area contributed by atoms with E-state index >= 15 is 0 Å². The summed E-state index contributed by atoms with van der Waals surface area (Å²) in [5.74, 6) is 0.314. The SMILES string of the molecule is Cc1cc(=O)oc2cc(OCCOc3ccc(/C=C/C(=O)Nc4ccc(F)c(Cl)c4)cc3)ccc12. The first-order valence-corrected chi connectivity index (χ1v) is 11.1. The van der Waals surface area contributed by atoms with E-state index in [4.69, 9.17) is 25.5 Å². The molecule has 1 amide bonds. The summed E-state index contributed by atoms with van der Waals surface area (Å²) in [4.78, 5) is 23.6. The molecule has 0 fully saturated rings. The lowest BCUT2D eigenvalue weighted by Crippen LogP contribution is -2.09. The highest BCUT2D eigenvalue weighted by Crippen LogP contribution is 2.22. The molecule has 4 rings (SSSR count). The molecular weight excluding hydrogens is 473 g/mol. The van der Waals surface area contributed by atoms with Gasteiger partial charge in [-0.3, -0.25) is 4.79 Å². The number of nitrogens with one attached hydrogen (secondary N) is 1. The number of aryl methyl sites for hydroxylation is 1. The fourth-order valence-electron chi connectivity index (χ4n) is 3.32. The van der Waals surface area contributed by atoms with E-state index < -0.39 is 11.4 Å². The van der Waals surface area contributed by atoms with E-state index in [2.05, 4.69) is 5.32 Å². The highest BCUT2D eigenvalue weighted by molar-refractivity contribution is 6.31. The van der Waals surface area contributed by atoms with E-state index in [1.807, 2.05) is 31.2 Å². The maximum atomic E-state index is 13.2. The topological polar surface area (TPSA) is 77.8 Å². The van der Waals surface area contributed by atoms with Crippen molar-refractivity contribution in [1.29, 1.82) is 0 Å². The largest absolute Gasteiger partial charge is 0.490 e. The minimum Gasteiger partial charge on any atom is -0.490 e. The molecule has 178 valence electrons. The van der Waals surface area contributed by atoms with Gasteiger partial charge in [0, 0.05) is 29.3 Å². The first kappa shape index (κ1) is 24.0. The van der Waals surface area contributed by atoms with Crippen molar-refractivity contribution in [1.82, 2.24) is 0 Å². The number of carbonyl (C=O) groups is 1. The quantitative estimate of drug-likeness (QED) is 0.185. The van der Waals surface area contributed by atoms with Gasteiger partial charge in [-0.25, -0.2) is 9.18 Å². The average molecular weight is 494 g/mol. The third-order valence-electron chi connectivity index (χ3n) is 5.04. The van der Waals surface area contributed by atoms with Gasteiger partial charge >= 0.3 is 5.63 Å². The lowest BCUT2D eigenvalue weighted by atomic mass is 10.1. The number of amides is 1. The number of halogens is 2. The van der Waals surface area contributed by atoms with Crippen LogP contribution in [0.25, 0.3) is 17.0 Å². The fraction of sp³-hybridized carbons (Fsp3) is 0.111. The molecule has 0 spiro atoms. The molecule has 35 heavy (non-hydrogen) atoms. The van der Waals surface area contributed by atoms with E-state index in [0.717, 1.165) is 16.5 Å². The average Bonchev–Trinajstić information content (AvgIpc) is 2.83. The highest BCUT2D eigenvalue weighted by Gasteiger charge is 2.05. The lowest BCUT2D eigenvalue weighted by Gasteiger charge is -2.09. The Kier molecular flexibility index (Phi) is 7.48. The van der Waals surface area contributed by atoms with E-state index in [9.17, 15) is 14.0 Å². The van der Waals surface area contributed by atoms with Crippen molar-refractivity contribution in [3.05, 3.63) is 105 Å². The van der Waals surface area contributed by atoms with Crippen molar-refractivity contribution in [3.8, 4) is 11.5 Å². The molecule has 0 unspecified atom stereocenters. The molecule has 0 atom stereocenters. The predicted molar refractivity (Wildman–Crippen MR) is 134 cm³/mol. The Morgan fingerprint density at radius 2 is 1.71 bits per heavy atom. The Morgan fingerprint density at radius 3 is 2.46 bits per heavy atom. The minimum absolute atomic E-state index is 0.0616. The van der Waals surface area contributed by atoms with Crippen molar-refractivity contribution in [2.75, 3.05) is 18.5 Å². The molecule has 8 heteroatoms. The van der Waals surface area contributed by atoms with Gasteiger partial charge in [-0.05, 0) is 66.6 Å². The van der Waals surface area contributed by atoms with Gasteiger partial charge in [0.2, 0.25) is 5.91 Å². The van der Waals surface area contributed by atoms with E-state index in [1.54, 1.807) is 24.3 Å². The second kappa shape index (κ2) is 10.9. The van der Waals surface area contributed by atoms with E-state index in [-0.39, 0.29) is 10.9 Å². The van der Waals surface area contributed by atoms with Gasteiger partial charge in [-0.2, -0.15) is 0 Å². The molecule has 1 aromatic heterocycles. The van der Waals surface area contributed by atoms with Crippen LogP contribution in [0.2, 0.25) is 5.02 Å². The fourth-order valence-corrected chi connectivity index (χ4v) is 3.50. The van der Waals surface area contributed by atoms with Crippen molar-refractivity contribution in [2.24, 2.45) is 0 Å². The Hall–Kier alpha value is -4.10. The first-order chi connectivity index (χ1) is 16.9. The Balaban J connectivity index is 1.24. The number of fused-ring (bicyclic) bond motifs is 1. The summed E-state index contributed by atoms with van der Waals surface area (Å²) in [7, 11) is 0. The molecule has 3 aromatic carbocycles. The molecule has 0 aliphatic heterocycles. The Morgan fingerprint density at radius 1 is 1.00 bits per heavy atom. The van der Waals surface area contributed by atoms with Crippen LogP contribution in [0.1, 0.15) is 11.1 Å². The number of anilines is 1. The number of hydrogen-bond acceptors (Lipinski definition) is 5. The molecule has 1 heterocycles. The van der Waals surface area contributed by atoms with Crippen LogP contribution in [-0.4, -0.2) is 19.1 Å². The van der Waals surface area contributed by atoms with Gasteiger partial charge in [0.25, 0.3) is 0 Å². The first-order valence-electron chi connectivity index (χ1n) is 10.7. The minimum atomic E-state index is -0.548. The zero-order chi connectivity index (χ0) is 24.8. The smallest absolute Gasteiger partial charge is 0.336 e. The van der Waals surface area contributed by atoms with Crippen molar-refractivity contribution in [2.45, 2.75) is 6.92 Å². The number of benzene rings is 3. The summed E-state index contributed by atoms with van der Waals surface area (Å²) in [6.07, 6.45) is 3.02. The van der Waals surface area contributed by atoms with Crippen molar-refractivity contribution in [3.63, 3.8) is 0 Å². The maximum absolute atomic E-state index is 13.2. The van der Waals surface area contributed by atoms with Crippen LogP contribution in [0.3, 0.4) is 0 Å². The lowest BCUT2D eigenvalue weighted by molar-refractivity contribution is -0.111. The second-order valence-corrected chi connectivity index (χ2v) is 8.03. The Bertz CT molecular complexity index is 1450. The summed E-state index contributed by atoms with van der Waals surface area (Å²) < 4.78 is 29.8. The monoisotopic (exact) mass is 493 g/mol. The van der Waals surface area contributed by atoms with Crippen LogP contribution >= 0.6 is 11.6 Å². The van der Waals surface area contributed by atoms with Gasteiger partial charge in [-0.15, -0.1) is 0 Å². The molecule has 0 saturated carbocycles. The molecule has 0 radical (unpaired) electrons. The summed E-state index contributed by atoms with van der Waals surface area (Å²) in [5.41, 5.74) is 2.14. The molecule has 0 bridgehead atoms. The van der Waals surface area contributed by atoms with Crippen LogP contribution < -0.4 is 20.4 Å². The van der Waals surface area contributed by atoms with Gasteiger partial charge in [0.1, 0.15) is 36.1 Å². The van der Waals surface area contributed by atoms with Crippen LogP contribution in [0.4, 0.5) is 10.1 Å². The number of ether oxygens (including phenoxy) is 2. The zero-order valence-electron chi connectivity index (χ0n) is 18.7. The van der Waals surface area contributed by atoms with Gasteiger partial charge < -0.3 is 19.2 Å². The maximum Gasteiger partial charge on any atom is 0.336 e. The summed E-state index contributed by atoms with van der Waals surface area (Å²) in [6, 6.07) is 18.0. The third-order valence-corrected chi connectivity index (χ3v) is 5.33.